The summed E-state index contributed by atoms with van der Waals surface area (Å²) in [5.74, 6) is 0.666. The normalized spacial score (nSPS) is 20.8. The smallest absolute Gasteiger partial charge is 0.276 e. The summed E-state index contributed by atoms with van der Waals surface area (Å²) in [6, 6.07) is 3.45. The lowest BCUT2D eigenvalue weighted by atomic mass is 10.0. The Hall–Kier alpha value is -0.850. The van der Waals surface area contributed by atoms with E-state index in [4.69, 9.17) is 4.42 Å². The van der Waals surface area contributed by atoms with E-state index in [1.54, 1.807) is 16.4 Å². The van der Waals surface area contributed by atoms with Crippen LogP contribution >= 0.6 is 0 Å². The molecule has 0 amide bonds. The fourth-order valence-corrected chi connectivity index (χ4v) is 4.52. The molecule has 1 aromatic heterocycles. The van der Waals surface area contributed by atoms with Crippen molar-refractivity contribution in [3.63, 3.8) is 0 Å². The Morgan fingerprint density at radius 3 is 2.86 bits per heavy atom. The van der Waals surface area contributed by atoms with E-state index in [0.717, 1.165) is 38.6 Å². The summed E-state index contributed by atoms with van der Waals surface area (Å²) in [4.78, 5) is 0. The molecule has 1 atom stereocenters. The van der Waals surface area contributed by atoms with Crippen molar-refractivity contribution in [2.24, 2.45) is 0 Å². The molecule has 6 heteroatoms. The first kappa shape index (κ1) is 16.5. The fraction of sp³-hybridized carbons (Fsp3) is 0.733. The lowest BCUT2D eigenvalue weighted by Gasteiger charge is -2.33. The fourth-order valence-electron chi connectivity index (χ4n) is 2.87. The third-order valence-corrected chi connectivity index (χ3v) is 5.77. The van der Waals surface area contributed by atoms with Crippen molar-refractivity contribution in [3.05, 3.63) is 17.9 Å². The van der Waals surface area contributed by atoms with Crippen LogP contribution in [0, 0.1) is 0 Å². The third kappa shape index (κ3) is 3.87. The maximum absolute atomic E-state index is 12.8. The van der Waals surface area contributed by atoms with Crippen LogP contribution in [0.5, 0.6) is 0 Å². The van der Waals surface area contributed by atoms with Gasteiger partial charge in [0.25, 0.3) is 10.0 Å². The lowest BCUT2D eigenvalue weighted by Crippen LogP contribution is -2.43. The summed E-state index contributed by atoms with van der Waals surface area (Å²) in [5, 5.41) is 3.22. The maximum atomic E-state index is 12.8. The maximum Gasteiger partial charge on any atom is 0.276 e. The van der Waals surface area contributed by atoms with E-state index < -0.39 is 10.0 Å². The van der Waals surface area contributed by atoms with Gasteiger partial charge in [-0.05, 0) is 37.9 Å². The SMILES string of the molecule is CCCC1CCCCN1S(=O)(=O)c1ccc(CNCC)o1. The van der Waals surface area contributed by atoms with E-state index in [0.29, 0.717) is 18.8 Å². The zero-order valence-corrected chi connectivity index (χ0v) is 13.8. The minimum atomic E-state index is -3.50. The molecule has 21 heavy (non-hydrogen) atoms. The third-order valence-electron chi connectivity index (χ3n) is 3.94. The topological polar surface area (TPSA) is 62.6 Å². The van der Waals surface area contributed by atoms with Crippen molar-refractivity contribution in [2.75, 3.05) is 13.1 Å². The number of nitrogens with zero attached hydrogens (tertiary/aromatic N) is 1. The molecule has 1 unspecified atom stereocenters. The van der Waals surface area contributed by atoms with Gasteiger partial charge in [-0.3, -0.25) is 0 Å². The summed E-state index contributed by atoms with van der Waals surface area (Å²) in [7, 11) is -3.50. The van der Waals surface area contributed by atoms with Crippen LogP contribution < -0.4 is 5.32 Å². The first-order valence-electron chi connectivity index (χ1n) is 7.90. The van der Waals surface area contributed by atoms with E-state index in [-0.39, 0.29) is 11.1 Å². The highest BCUT2D eigenvalue weighted by molar-refractivity contribution is 7.89. The van der Waals surface area contributed by atoms with Gasteiger partial charge in [0.05, 0.1) is 6.54 Å². The molecular formula is C15H26N2O3S. The van der Waals surface area contributed by atoms with Gasteiger partial charge in [0, 0.05) is 12.6 Å². The van der Waals surface area contributed by atoms with Crippen LogP contribution in [-0.2, 0) is 16.6 Å². The lowest BCUT2D eigenvalue weighted by molar-refractivity contribution is 0.233. The van der Waals surface area contributed by atoms with Gasteiger partial charge < -0.3 is 9.73 Å². The Morgan fingerprint density at radius 1 is 1.33 bits per heavy atom. The molecule has 0 aliphatic carbocycles. The molecule has 2 rings (SSSR count). The summed E-state index contributed by atoms with van der Waals surface area (Å²) in [6.07, 6.45) is 4.92. The van der Waals surface area contributed by atoms with Gasteiger partial charge in [0.2, 0.25) is 5.09 Å². The zero-order valence-electron chi connectivity index (χ0n) is 13.0. The van der Waals surface area contributed by atoms with Crippen molar-refractivity contribution in [1.29, 1.82) is 0 Å². The molecule has 0 radical (unpaired) electrons. The number of hydrogen-bond acceptors (Lipinski definition) is 4. The van der Waals surface area contributed by atoms with Crippen molar-refractivity contribution >= 4 is 10.0 Å². The second-order valence-corrected chi connectivity index (χ2v) is 7.38. The minimum absolute atomic E-state index is 0.0819. The summed E-state index contributed by atoms with van der Waals surface area (Å²) in [6.45, 7) is 6.10. The van der Waals surface area contributed by atoms with E-state index >= 15 is 0 Å². The van der Waals surface area contributed by atoms with Crippen LogP contribution in [0.1, 0.15) is 51.7 Å². The molecule has 120 valence electrons. The van der Waals surface area contributed by atoms with Crippen LogP contribution in [0.4, 0.5) is 0 Å². The van der Waals surface area contributed by atoms with Crippen molar-refractivity contribution in [1.82, 2.24) is 9.62 Å². The zero-order chi connectivity index (χ0) is 15.3. The predicted molar refractivity (Wildman–Crippen MR) is 82.5 cm³/mol. The molecule has 1 aromatic rings. The summed E-state index contributed by atoms with van der Waals surface area (Å²) < 4.78 is 32.7. The van der Waals surface area contributed by atoms with E-state index in [2.05, 4.69) is 12.2 Å². The van der Waals surface area contributed by atoms with E-state index in [9.17, 15) is 8.42 Å². The Bertz CT molecular complexity index is 537. The van der Waals surface area contributed by atoms with E-state index in [1.807, 2.05) is 6.92 Å². The molecule has 5 nitrogen and oxygen atoms in total. The second-order valence-electron chi connectivity index (χ2n) is 5.56. The van der Waals surface area contributed by atoms with E-state index in [1.165, 1.54) is 0 Å². The standard InChI is InChI=1S/C15H26N2O3S/c1-3-7-13-8-5-6-11-17(13)21(18,19)15-10-9-14(20-15)12-16-4-2/h9-10,13,16H,3-8,11-12H2,1-2H3. The van der Waals surface area contributed by atoms with Crippen LogP contribution in [-0.4, -0.2) is 31.9 Å². The van der Waals surface area contributed by atoms with Crippen LogP contribution in [0.15, 0.2) is 21.6 Å². The molecule has 1 N–H and O–H groups in total. The number of sulfonamides is 1. The molecule has 1 aliphatic rings. The molecule has 1 fully saturated rings. The first-order valence-corrected chi connectivity index (χ1v) is 9.34. The minimum Gasteiger partial charge on any atom is -0.447 e. The highest BCUT2D eigenvalue weighted by Crippen LogP contribution is 2.28. The van der Waals surface area contributed by atoms with Gasteiger partial charge in [0.15, 0.2) is 0 Å². The number of furan rings is 1. The second kappa shape index (κ2) is 7.42. The molecule has 0 bridgehead atoms. The molecule has 0 saturated carbocycles. The van der Waals surface area contributed by atoms with Crippen molar-refractivity contribution in [3.8, 4) is 0 Å². The van der Waals surface area contributed by atoms with Gasteiger partial charge in [-0.1, -0.05) is 26.7 Å². The number of hydrogen-bond donors (Lipinski definition) is 1. The van der Waals surface area contributed by atoms with Gasteiger partial charge >= 0.3 is 0 Å². The van der Waals surface area contributed by atoms with Crippen LogP contribution in [0.25, 0.3) is 0 Å². The van der Waals surface area contributed by atoms with Gasteiger partial charge in [-0.25, -0.2) is 8.42 Å². The first-order chi connectivity index (χ1) is 10.1. The number of rotatable bonds is 7. The molecule has 1 aliphatic heterocycles. The van der Waals surface area contributed by atoms with Gasteiger partial charge in [0.1, 0.15) is 5.76 Å². The van der Waals surface area contributed by atoms with Crippen LogP contribution in [0.3, 0.4) is 0 Å². The average Bonchev–Trinajstić information content (AvgIpc) is 2.95. The van der Waals surface area contributed by atoms with Crippen molar-refractivity contribution < 1.29 is 12.8 Å². The molecule has 0 aromatic carbocycles. The van der Waals surface area contributed by atoms with Gasteiger partial charge in [-0.2, -0.15) is 4.31 Å². The highest BCUT2D eigenvalue weighted by Gasteiger charge is 2.34. The summed E-state index contributed by atoms with van der Waals surface area (Å²) >= 11 is 0. The van der Waals surface area contributed by atoms with Gasteiger partial charge in [-0.15, -0.1) is 0 Å². The highest BCUT2D eigenvalue weighted by atomic mass is 32.2. The Labute approximate surface area is 127 Å². The number of piperidine rings is 1. The summed E-state index contributed by atoms with van der Waals surface area (Å²) in [5.41, 5.74) is 0. The Balaban J connectivity index is 2.17. The van der Waals surface area contributed by atoms with Crippen molar-refractivity contribution in [2.45, 2.75) is 63.6 Å². The molecule has 2 heterocycles. The number of nitrogens with one attached hydrogen (secondary N) is 1. The predicted octanol–water partition coefficient (Wildman–Crippen LogP) is 2.73. The van der Waals surface area contributed by atoms with Crippen LogP contribution in [0.2, 0.25) is 0 Å². The molecule has 1 saturated heterocycles. The molecular weight excluding hydrogens is 288 g/mol. The molecule has 0 spiro atoms. The Morgan fingerprint density at radius 2 is 2.14 bits per heavy atom. The quantitative estimate of drug-likeness (QED) is 0.840. The average molecular weight is 314 g/mol. The largest absolute Gasteiger partial charge is 0.447 e. The monoisotopic (exact) mass is 314 g/mol. The Kier molecular flexibility index (Phi) is 5.84.